The zero-order valence-electron chi connectivity index (χ0n) is 17.5. The van der Waals surface area contributed by atoms with Crippen LogP contribution in [0, 0.1) is 19.8 Å². The Bertz CT molecular complexity index is 872. The van der Waals surface area contributed by atoms with Gasteiger partial charge in [-0.15, -0.1) is 24.8 Å². The number of hydrogen-bond acceptors (Lipinski definition) is 5. The molecule has 0 spiro atoms. The molecule has 0 aliphatic rings. The first kappa shape index (κ1) is 27.6. The van der Waals surface area contributed by atoms with E-state index in [0.29, 0.717) is 17.3 Å². The van der Waals surface area contributed by atoms with Gasteiger partial charge in [-0.25, -0.2) is 9.59 Å². The number of halogens is 2. The fourth-order valence-corrected chi connectivity index (χ4v) is 3.03. The van der Waals surface area contributed by atoms with Gasteiger partial charge in [-0.2, -0.15) is 0 Å². The summed E-state index contributed by atoms with van der Waals surface area (Å²) in [5, 5.41) is 11.4. The van der Waals surface area contributed by atoms with Crippen molar-refractivity contribution in [1.82, 2.24) is 4.98 Å². The van der Waals surface area contributed by atoms with Crippen molar-refractivity contribution in [3.05, 3.63) is 46.8 Å². The Kier molecular flexibility index (Phi) is 11.4. The Balaban J connectivity index is 0.00000420. The van der Waals surface area contributed by atoms with E-state index in [-0.39, 0.29) is 31.4 Å². The van der Waals surface area contributed by atoms with Crippen LogP contribution >= 0.6 is 24.8 Å². The molecule has 0 fully saturated rings. The molecule has 1 amide bonds. The molecular formula is C21H29Cl2N3O4. The van der Waals surface area contributed by atoms with E-state index in [2.05, 4.69) is 24.1 Å². The SMILES string of the molecule is Cc1ccc(-c2c(CN)c(CC(C)C)nc(C)c2NC(=O)OCC(=O)O)cc1.Cl.Cl. The minimum absolute atomic E-state index is 0. The minimum Gasteiger partial charge on any atom is -0.479 e. The van der Waals surface area contributed by atoms with Crippen molar-refractivity contribution in [2.24, 2.45) is 11.7 Å². The molecule has 0 unspecified atom stereocenters. The van der Waals surface area contributed by atoms with E-state index < -0.39 is 18.7 Å². The number of anilines is 1. The third-order valence-corrected chi connectivity index (χ3v) is 4.26. The summed E-state index contributed by atoms with van der Waals surface area (Å²) < 4.78 is 4.73. The lowest BCUT2D eigenvalue weighted by Crippen LogP contribution is -2.21. The van der Waals surface area contributed by atoms with Crippen molar-refractivity contribution >= 4 is 42.6 Å². The first-order valence-corrected chi connectivity index (χ1v) is 9.18. The number of pyridine rings is 1. The van der Waals surface area contributed by atoms with Crippen molar-refractivity contribution in [2.75, 3.05) is 11.9 Å². The topological polar surface area (TPSA) is 115 Å². The van der Waals surface area contributed by atoms with Gasteiger partial charge < -0.3 is 15.6 Å². The molecule has 0 bridgehead atoms. The van der Waals surface area contributed by atoms with Crippen LogP contribution in [0.4, 0.5) is 10.5 Å². The second-order valence-electron chi connectivity index (χ2n) is 7.14. The molecule has 166 valence electrons. The Labute approximate surface area is 189 Å². The maximum Gasteiger partial charge on any atom is 0.412 e. The van der Waals surface area contributed by atoms with Crippen LogP contribution in [0.25, 0.3) is 11.1 Å². The number of hydrogen-bond donors (Lipinski definition) is 3. The zero-order valence-corrected chi connectivity index (χ0v) is 19.2. The monoisotopic (exact) mass is 457 g/mol. The average molecular weight is 458 g/mol. The van der Waals surface area contributed by atoms with Crippen LogP contribution in [0.1, 0.15) is 36.4 Å². The molecule has 2 rings (SSSR count). The quantitative estimate of drug-likeness (QED) is 0.563. The highest BCUT2D eigenvalue weighted by Crippen LogP contribution is 2.36. The van der Waals surface area contributed by atoms with Crippen LogP contribution in [-0.4, -0.2) is 28.8 Å². The largest absolute Gasteiger partial charge is 0.479 e. The number of benzene rings is 1. The number of rotatable bonds is 7. The molecule has 0 saturated carbocycles. The van der Waals surface area contributed by atoms with Gasteiger partial charge in [0, 0.05) is 17.8 Å². The third-order valence-electron chi connectivity index (χ3n) is 4.26. The molecule has 4 N–H and O–H groups in total. The van der Waals surface area contributed by atoms with Gasteiger partial charge in [-0.1, -0.05) is 43.7 Å². The number of carboxylic acids is 1. The van der Waals surface area contributed by atoms with Gasteiger partial charge in [0.2, 0.25) is 0 Å². The molecule has 0 radical (unpaired) electrons. The second kappa shape index (κ2) is 12.4. The van der Waals surface area contributed by atoms with Crippen molar-refractivity contribution in [1.29, 1.82) is 0 Å². The molecule has 7 nitrogen and oxygen atoms in total. The van der Waals surface area contributed by atoms with E-state index in [9.17, 15) is 9.59 Å². The molecule has 0 atom stereocenters. The predicted molar refractivity (Wildman–Crippen MR) is 123 cm³/mol. The molecule has 2 aromatic rings. The fraction of sp³-hybridized carbons (Fsp3) is 0.381. The Morgan fingerprint density at radius 2 is 1.77 bits per heavy atom. The van der Waals surface area contributed by atoms with E-state index in [4.69, 9.17) is 15.6 Å². The first-order valence-electron chi connectivity index (χ1n) is 9.18. The molecular weight excluding hydrogens is 429 g/mol. The summed E-state index contributed by atoms with van der Waals surface area (Å²) in [5.74, 6) is -0.832. The van der Waals surface area contributed by atoms with Crippen LogP contribution in [0.2, 0.25) is 0 Å². The number of amides is 1. The van der Waals surface area contributed by atoms with Crippen molar-refractivity contribution in [3.63, 3.8) is 0 Å². The highest BCUT2D eigenvalue weighted by Gasteiger charge is 2.21. The number of ether oxygens (including phenoxy) is 1. The number of nitrogens with two attached hydrogens (primary N) is 1. The number of aliphatic carboxylic acids is 1. The predicted octanol–water partition coefficient (Wildman–Crippen LogP) is 4.50. The number of nitrogens with one attached hydrogen (secondary N) is 1. The average Bonchev–Trinajstić information content (AvgIpc) is 2.62. The van der Waals surface area contributed by atoms with E-state index in [1.807, 2.05) is 31.2 Å². The summed E-state index contributed by atoms with van der Waals surface area (Å²) in [7, 11) is 0. The maximum absolute atomic E-state index is 12.1. The van der Waals surface area contributed by atoms with Gasteiger partial charge in [-0.05, 0) is 37.3 Å². The summed E-state index contributed by atoms with van der Waals surface area (Å²) in [6.07, 6.45) is -0.0871. The molecule has 1 aromatic heterocycles. The lowest BCUT2D eigenvalue weighted by Gasteiger charge is -2.21. The number of nitrogens with zero attached hydrogens (tertiary/aromatic N) is 1. The highest BCUT2D eigenvalue weighted by molar-refractivity contribution is 5.94. The van der Waals surface area contributed by atoms with Gasteiger partial charge in [0.15, 0.2) is 6.61 Å². The smallest absolute Gasteiger partial charge is 0.412 e. The summed E-state index contributed by atoms with van der Waals surface area (Å²) in [6, 6.07) is 7.91. The first-order chi connectivity index (χ1) is 13.2. The van der Waals surface area contributed by atoms with Crippen LogP contribution < -0.4 is 11.1 Å². The molecule has 0 aliphatic heterocycles. The zero-order chi connectivity index (χ0) is 20.8. The molecule has 0 saturated heterocycles. The number of carbonyl (C=O) groups excluding carboxylic acids is 1. The maximum atomic E-state index is 12.1. The van der Waals surface area contributed by atoms with Gasteiger partial charge >= 0.3 is 12.1 Å². The van der Waals surface area contributed by atoms with E-state index in [0.717, 1.165) is 34.4 Å². The molecule has 1 aromatic carbocycles. The van der Waals surface area contributed by atoms with Crippen molar-refractivity contribution in [3.8, 4) is 11.1 Å². The fourth-order valence-electron chi connectivity index (χ4n) is 3.03. The summed E-state index contributed by atoms with van der Waals surface area (Å²) >= 11 is 0. The minimum atomic E-state index is -1.22. The number of carbonyl (C=O) groups is 2. The van der Waals surface area contributed by atoms with Crippen LogP contribution in [0.3, 0.4) is 0 Å². The Morgan fingerprint density at radius 3 is 2.27 bits per heavy atom. The van der Waals surface area contributed by atoms with Gasteiger partial charge in [0.1, 0.15) is 0 Å². The van der Waals surface area contributed by atoms with Crippen LogP contribution in [0.5, 0.6) is 0 Å². The molecule has 1 heterocycles. The lowest BCUT2D eigenvalue weighted by atomic mass is 9.92. The van der Waals surface area contributed by atoms with Gasteiger partial charge in [-0.3, -0.25) is 10.3 Å². The van der Waals surface area contributed by atoms with Crippen LogP contribution in [-0.2, 0) is 22.5 Å². The molecule has 9 heteroatoms. The third kappa shape index (κ3) is 7.16. The summed E-state index contributed by atoms with van der Waals surface area (Å²) in [4.78, 5) is 27.4. The number of aryl methyl sites for hydroxylation is 2. The van der Waals surface area contributed by atoms with E-state index in [1.54, 1.807) is 6.92 Å². The van der Waals surface area contributed by atoms with Crippen molar-refractivity contribution in [2.45, 2.75) is 40.7 Å². The standard InChI is InChI=1S/C21H27N3O4.2ClH/c1-12(2)9-17-16(10-22)19(15-7-5-13(3)6-8-15)20(14(4)23-17)24-21(27)28-11-18(25)26;;/h5-8,12H,9-11,22H2,1-4H3,(H,24,27)(H,25,26);2*1H. The highest BCUT2D eigenvalue weighted by atomic mass is 35.5. The number of aromatic nitrogens is 1. The normalized spacial score (nSPS) is 10.1. The molecule has 0 aliphatic carbocycles. The van der Waals surface area contributed by atoms with Crippen molar-refractivity contribution < 1.29 is 19.4 Å². The van der Waals surface area contributed by atoms with Crippen LogP contribution in [0.15, 0.2) is 24.3 Å². The Hall–Kier alpha value is -2.35. The lowest BCUT2D eigenvalue weighted by molar-refractivity contribution is -0.140. The number of carboxylic acid groups (broad SMARTS) is 1. The summed E-state index contributed by atoms with van der Waals surface area (Å²) in [6.45, 7) is 7.56. The van der Waals surface area contributed by atoms with E-state index in [1.165, 1.54) is 0 Å². The van der Waals surface area contributed by atoms with E-state index >= 15 is 0 Å². The Morgan fingerprint density at radius 1 is 1.17 bits per heavy atom. The second-order valence-corrected chi connectivity index (χ2v) is 7.14. The molecule has 30 heavy (non-hydrogen) atoms. The van der Waals surface area contributed by atoms with Gasteiger partial charge in [0.25, 0.3) is 0 Å². The van der Waals surface area contributed by atoms with Gasteiger partial charge in [0.05, 0.1) is 11.4 Å². The summed E-state index contributed by atoms with van der Waals surface area (Å²) in [5.41, 5.74) is 11.7.